The molecule has 3 heterocycles. The Balaban J connectivity index is 2.17. The second-order valence-electron chi connectivity index (χ2n) is 6.01. The van der Waals surface area contributed by atoms with Gasteiger partial charge in [-0.2, -0.15) is 22.0 Å². The maximum Gasteiger partial charge on any atom is 0.459 e. The van der Waals surface area contributed by atoms with E-state index in [0.29, 0.717) is 24.1 Å². The number of hydrogen-bond acceptors (Lipinski definition) is 6. The molecule has 1 N–H and O–H groups in total. The smallest absolute Gasteiger partial charge is 0.370 e. The average Bonchev–Trinajstić information content (AvgIpc) is 2.98. The molecule has 0 amide bonds. The summed E-state index contributed by atoms with van der Waals surface area (Å²) >= 11 is 1.50. The van der Waals surface area contributed by atoms with E-state index in [1.807, 2.05) is 19.9 Å². The van der Waals surface area contributed by atoms with Crippen LogP contribution in [0.3, 0.4) is 0 Å². The third kappa shape index (κ3) is 3.85. The van der Waals surface area contributed by atoms with Crippen LogP contribution in [0.5, 0.6) is 0 Å². The lowest BCUT2D eigenvalue weighted by Crippen LogP contribution is -2.34. The summed E-state index contributed by atoms with van der Waals surface area (Å²) in [7, 11) is 1.57. The van der Waals surface area contributed by atoms with Crippen LogP contribution < -0.4 is 5.32 Å². The zero-order chi connectivity index (χ0) is 21.4. The van der Waals surface area contributed by atoms with Crippen LogP contribution in [-0.4, -0.2) is 43.2 Å². The predicted molar refractivity (Wildman–Crippen MR) is 100 cm³/mol. The second kappa shape index (κ2) is 7.73. The number of aromatic nitrogens is 5. The van der Waals surface area contributed by atoms with Gasteiger partial charge in [-0.25, -0.2) is 9.97 Å². The number of pyridine rings is 1. The molecule has 0 unspecified atom stereocenters. The van der Waals surface area contributed by atoms with Crippen molar-refractivity contribution in [3.05, 3.63) is 23.9 Å². The van der Waals surface area contributed by atoms with Crippen LogP contribution in [-0.2, 0) is 13.0 Å². The lowest BCUT2D eigenvalue weighted by molar-refractivity contribution is -0.291. The van der Waals surface area contributed by atoms with Gasteiger partial charge in [0, 0.05) is 18.5 Å². The van der Waals surface area contributed by atoms with E-state index in [0.717, 1.165) is 10.6 Å². The number of hydrogen-bond donors (Lipinski definition) is 1. The molecule has 6 nitrogen and oxygen atoms in total. The Labute approximate surface area is 166 Å². The van der Waals surface area contributed by atoms with E-state index in [-0.39, 0.29) is 17.0 Å². The number of thioether (sulfide) groups is 1. The Bertz CT molecular complexity index is 1030. The largest absolute Gasteiger partial charge is 0.459 e. The van der Waals surface area contributed by atoms with E-state index >= 15 is 0 Å². The van der Waals surface area contributed by atoms with Crippen LogP contribution >= 0.6 is 11.8 Å². The number of halogens is 5. The predicted octanol–water partition coefficient (Wildman–Crippen LogP) is 4.62. The van der Waals surface area contributed by atoms with Gasteiger partial charge in [0.05, 0.1) is 0 Å². The third-order valence-corrected chi connectivity index (χ3v) is 4.95. The van der Waals surface area contributed by atoms with Crippen molar-refractivity contribution in [2.45, 2.75) is 30.8 Å². The monoisotopic (exact) mass is 432 g/mol. The van der Waals surface area contributed by atoms with Gasteiger partial charge in [0.2, 0.25) is 0 Å². The number of fused-ring (bicyclic) bond motifs is 1. The number of rotatable bonds is 6. The Kier molecular flexibility index (Phi) is 5.65. The third-order valence-electron chi connectivity index (χ3n) is 4.02. The minimum atomic E-state index is -5.78. The first-order valence-electron chi connectivity index (χ1n) is 8.63. The minimum Gasteiger partial charge on any atom is -0.370 e. The van der Waals surface area contributed by atoms with E-state index in [4.69, 9.17) is 0 Å². The van der Waals surface area contributed by atoms with Gasteiger partial charge in [-0.15, -0.1) is 22.0 Å². The molecule has 0 fully saturated rings. The first-order valence-corrected chi connectivity index (χ1v) is 9.62. The molecule has 12 heteroatoms. The van der Waals surface area contributed by atoms with E-state index in [1.165, 1.54) is 16.3 Å². The molecular formula is C17H17F5N6S. The molecule has 3 rings (SSSR count). The molecule has 3 aromatic rings. The summed E-state index contributed by atoms with van der Waals surface area (Å²) in [6.45, 7) is 4.50. The fourth-order valence-corrected chi connectivity index (χ4v) is 3.40. The molecule has 0 aliphatic heterocycles. The molecule has 0 saturated heterocycles. The van der Waals surface area contributed by atoms with Gasteiger partial charge in [0.15, 0.2) is 11.5 Å². The second-order valence-corrected chi connectivity index (χ2v) is 7.32. The topological polar surface area (TPSA) is 68.5 Å². The maximum atomic E-state index is 13.6. The number of nitrogens with one attached hydrogen (secondary N) is 1. The first-order chi connectivity index (χ1) is 13.6. The van der Waals surface area contributed by atoms with Gasteiger partial charge in [0.25, 0.3) is 0 Å². The van der Waals surface area contributed by atoms with Crippen molar-refractivity contribution >= 4 is 28.7 Å². The van der Waals surface area contributed by atoms with Crippen molar-refractivity contribution in [2.75, 3.05) is 17.6 Å². The highest BCUT2D eigenvalue weighted by Crippen LogP contribution is 2.43. The van der Waals surface area contributed by atoms with E-state index < -0.39 is 17.8 Å². The van der Waals surface area contributed by atoms with Gasteiger partial charge < -0.3 is 9.88 Å². The van der Waals surface area contributed by atoms with Crippen LogP contribution in [0.15, 0.2) is 23.1 Å². The fourth-order valence-electron chi connectivity index (χ4n) is 2.65. The molecule has 0 aliphatic rings. The summed E-state index contributed by atoms with van der Waals surface area (Å²) in [5.74, 6) is -3.50. The highest BCUT2D eigenvalue weighted by molar-refractivity contribution is 7.99. The van der Waals surface area contributed by atoms with Crippen LogP contribution in [0.1, 0.15) is 19.5 Å². The zero-order valence-electron chi connectivity index (χ0n) is 15.7. The van der Waals surface area contributed by atoms with Crippen molar-refractivity contribution in [1.82, 2.24) is 24.7 Å². The molecule has 0 spiro atoms. The normalized spacial score (nSPS) is 12.6. The Hall–Kier alpha value is -2.50. The van der Waals surface area contributed by atoms with E-state index in [9.17, 15) is 22.0 Å². The van der Waals surface area contributed by atoms with Crippen molar-refractivity contribution in [1.29, 1.82) is 0 Å². The van der Waals surface area contributed by atoms with E-state index in [1.54, 1.807) is 13.1 Å². The van der Waals surface area contributed by atoms with Crippen molar-refractivity contribution in [3.8, 4) is 11.5 Å². The number of alkyl halides is 5. The number of imidazole rings is 1. The van der Waals surface area contributed by atoms with Gasteiger partial charge in [-0.1, -0.05) is 6.92 Å². The summed E-state index contributed by atoms with van der Waals surface area (Å²) < 4.78 is 66.7. The van der Waals surface area contributed by atoms with Gasteiger partial charge in [-0.05, 0) is 30.9 Å². The average molecular weight is 432 g/mol. The molecule has 0 bridgehead atoms. The Morgan fingerprint density at radius 3 is 2.41 bits per heavy atom. The highest BCUT2D eigenvalue weighted by Gasteiger charge is 2.60. The molecule has 0 aliphatic carbocycles. The molecule has 3 aromatic heterocycles. The van der Waals surface area contributed by atoms with Crippen LogP contribution in [0.4, 0.5) is 27.8 Å². The molecular weight excluding hydrogens is 415 g/mol. The molecule has 0 radical (unpaired) electrons. The molecule has 156 valence electrons. The Morgan fingerprint density at radius 2 is 1.79 bits per heavy atom. The standard InChI is InChI=1S/C17H17F5N6S/c1-4-23-12-7-6-10(29-5-2)13(25-12)15-24-9-8-11(16(18,19)17(20,21)22)26-27-14(9)28(15)3/h6-8H,4-5H2,1-3H3,(H,23,25). The van der Waals surface area contributed by atoms with Gasteiger partial charge >= 0.3 is 12.1 Å². The maximum absolute atomic E-state index is 13.6. The lowest BCUT2D eigenvalue weighted by Gasteiger charge is -2.17. The summed E-state index contributed by atoms with van der Waals surface area (Å²) in [4.78, 5) is 9.56. The van der Waals surface area contributed by atoms with Crippen molar-refractivity contribution in [3.63, 3.8) is 0 Å². The molecule has 0 atom stereocenters. The van der Waals surface area contributed by atoms with Gasteiger partial charge in [-0.3, -0.25) is 0 Å². The minimum absolute atomic E-state index is 0.0739. The summed E-state index contributed by atoms with van der Waals surface area (Å²) in [5, 5.41) is 9.74. The van der Waals surface area contributed by atoms with Crippen LogP contribution in [0, 0.1) is 0 Å². The number of nitrogens with zero attached hydrogens (tertiary/aromatic N) is 5. The van der Waals surface area contributed by atoms with Crippen LogP contribution in [0.25, 0.3) is 22.7 Å². The molecule has 29 heavy (non-hydrogen) atoms. The SMILES string of the molecule is CCNc1ccc(SCC)c(-c2nc3cc(C(F)(F)C(F)(F)F)nnc3n2C)n1. The Morgan fingerprint density at radius 1 is 1.07 bits per heavy atom. The zero-order valence-corrected chi connectivity index (χ0v) is 16.5. The summed E-state index contributed by atoms with van der Waals surface area (Å²) in [6, 6.07) is 4.26. The first kappa shape index (κ1) is 21.2. The molecule has 0 saturated carbocycles. The van der Waals surface area contributed by atoms with Crippen molar-refractivity contribution in [2.24, 2.45) is 7.05 Å². The molecule has 0 aromatic carbocycles. The lowest BCUT2D eigenvalue weighted by atomic mass is 10.2. The number of anilines is 1. The summed E-state index contributed by atoms with van der Waals surface area (Å²) in [6.07, 6.45) is -5.78. The summed E-state index contributed by atoms with van der Waals surface area (Å²) in [5.41, 5.74) is -1.08. The van der Waals surface area contributed by atoms with Crippen molar-refractivity contribution < 1.29 is 22.0 Å². The fraction of sp³-hybridized carbons (Fsp3) is 0.412. The number of aryl methyl sites for hydroxylation is 1. The van der Waals surface area contributed by atoms with Crippen LogP contribution in [0.2, 0.25) is 0 Å². The van der Waals surface area contributed by atoms with Gasteiger partial charge in [0.1, 0.15) is 22.7 Å². The highest BCUT2D eigenvalue weighted by atomic mass is 32.2. The van der Waals surface area contributed by atoms with E-state index in [2.05, 4.69) is 25.5 Å². The quantitative estimate of drug-likeness (QED) is 0.453.